The Labute approximate surface area is 181 Å². The second kappa shape index (κ2) is 12.4. The molecule has 0 saturated carbocycles. The van der Waals surface area contributed by atoms with Crippen molar-refractivity contribution >= 4 is 0 Å². The number of hydrogen-bond donors (Lipinski definition) is 1. The van der Waals surface area contributed by atoms with Crippen LogP contribution in [0, 0.1) is 0 Å². The molecule has 0 fully saturated rings. The summed E-state index contributed by atoms with van der Waals surface area (Å²) in [4.78, 5) is 0. The molecule has 0 saturated heterocycles. The number of unbranched alkanes of at least 4 members (excludes halogenated alkanes) is 1. The molecule has 1 aliphatic carbocycles. The van der Waals surface area contributed by atoms with Gasteiger partial charge in [-0.25, -0.2) is 0 Å². The second-order valence-electron chi connectivity index (χ2n) is 9.73. The van der Waals surface area contributed by atoms with Crippen molar-refractivity contribution in [1.82, 2.24) is 5.32 Å². The lowest BCUT2D eigenvalue weighted by atomic mass is 9.82. The maximum absolute atomic E-state index is 3.66. The highest BCUT2D eigenvalue weighted by Crippen LogP contribution is 2.33. The van der Waals surface area contributed by atoms with Crippen molar-refractivity contribution < 1.29 is 0 Å². The van der Waals surface area contributed by atoms with Gasteiger partial charge in [-0.2, -0.15) is 0 Å². The largest absolute Gasteiger partial charge is 0.317 e. The van der Waals surface area contributed by atoms with Gasteiger partial charge in [0.25, 0.3) is 0 Å². The number of allylic oxidation sites excluding steroid dienone is 4. The van der Waals surface area contributed by atoms with Crippen LogP contribution < -0.4 is 5.32 Å². The van der Waals surface area contributed by atoms with Crippen LogP contribution in [0.5, 0.6) is 0 Å². The van der Waals surface area contributed by atoms with Gasteiger partial charge in [-0.05, 0) is 98.0 Å². The molecule has 0 bridgehead atoms. The fourth-order valence-corrected chi connectivity index (χ4v) is 4.36. The summed E-state index contributed by atoms with van der Waals surface area (Å²) in [6.07, 6.45) is 15.6. The molecule has 0 spiro atoms. The molecule has 1 heteroatoms. The van der Waals surface area contributed by atoms with Gasteiger partial charge in [0.1, 0.15) is 0 Å². The van der Waals surface area contributed by atoms with E-state index in [1.54, 1.807) is 22.3 Å². The van der Waals surface area contributed by atoms with Crippen LogP contribution in [0.2, 0.25) is 0 Å². The first kappa shape index (κ1) is 23.9. The molecule has 0 aliphatic heterocycles. The van der Waals surface area contributed by atoms with E-state index in [4.69, 9.17) is 0 Å². The SMILES string of the molecule is CC(C)c1cc(C(C)C)c(CCCCNCCCC2=CCC=CC2)c(C(C)C)c1. The maximum atomic E-state index is 3.66. The monoisotopic (exact) mass is 395 g/mol. The number of nitrogens with one attached hydrogen (secondary N) is 1. The summed E-state index contributed by atoms with van der Waals surface area (Å²) in [6, 6.07) is 4.98. The van der Waals surface area contributed by atoms with Crippen LogP contribution in [0.4, 0.5) is 0 Å². The lowest BCUT2D eigenvalue weighted by Gasteiger charge is -2.23. The van der Waals surface area contributed by atoms with Crippen LogP contribution in [0.1, 0.15) is 120 Å². The summed E-state index contributed by atoms with van der Waals surface area (Å²) in [5.41, 5.74) is 7.94. The molecule has 0 unspecified atom stereocenters. The van der Waals surface area contributed by atoms with E-state index in [-0.39, 0.29) is 0 Å². The number of benzene rings is 1. The van der Waals surface area contributed by atoms with Crippen molar-refractivity contribution in [3.63, 3.8) is 0 Å². The molecule has 1 N–H and O–H groups in total. The van der Waals surface area contributed by atoms with Crippen molar-refractivity contribution in [2.24, 2.45) is 0 Å². The molecule has 1 aromatic rings. The number of hydrogen-bond acceptors (Lipinski definition) is 1. The Kier molecular flexibility index (Phi) is 10.2. The van der Waals surface area contributed by atoms with Crippen molar-refractivity contribution in [3.05, 3.63) is 58.2 Å². The Morgan fingerprint density at radius 3 is 1.97 bits per heavy atom. The molecule has 2 rings (SSSR count). The van der Waals surface area contributed by atoms with Gasteiger partial charge >= 0.3 is 0 Å². The fraction of sp³-hybridized carbons (Fsp3) is 0.643. The summed E-state index contributed by atoms with van der Waals surface area (Å²) in [5, 5.41) is 3.66. The summed E-state index contributed by atoms with van der Waals surface area (Å²) in [5.74, 6) is 1.80. The molecule has 0 atom stereocenters. The van der Waals surface area contributed by atoms with Gasteiger partial charge < -0.3 is 5.32 Å². The van der Waals surface area contributed by atoms with E-state index in [0.717, 1.165) is 19.5 Å². The van der Waals surface area contributed by atoms with Crippen LogP contribution in [-0.2, 0) is 6.42 Å². The quantitative estimate of drug-likeness (QED) is 0.279. The minimum absolute atomic E-state index is 0.600. The molecule has 0 aromatic heterocycles. The smallest absolute Gasteiger partial charge is 0.00459 e. The van der Waals surface area contributed by atoms with Gasteiger partial charge in [0.2, 0.25) is 0 Å². The van der Waals surface area contributed by atoms with Crippen molar-refractivity contribution in [2.45, 2.75) is 104 Å². The zero-order valence-electron chi connectivity index (χ0n) is 20.0. The Balaban J connectivity index is 1.80. The van der Waals surface area contributed by atoms with Crippen molar-refractivity contribution in [1.29, 1.82) is 0 Å². The van der Waals surface area contributed by atoms with Crippen LogP contribution in [0.3, 0.4) is 0 Å². The highest BCUT2D eigenvalue weighted by atomic mass is 14.8. The zero-order valence-corrected chi connectivity index (χ0v) is 20.0. The van der Waals surface area contributed by atoms with Gasteiger partial charge in [-0.1, -0.05) is 77.5 Å². The lowest BCUT2D eigenvalue weighted by molar-refractivity contribution is 0.598. The first-order valence-electron chi connectivity index (χ1n) is 12.1. The molecule has 162 valence electrons. The lowest BCUT2D eigenvalue weighted by Crippen LogP contribution is -2.17. The average Bonchev–Trinajstić information content (AvgIpc) is 2.70. The predicted octanol–water partition coefficient (Wildman–Crippen LogP) is 8.03. The topological polar surface area (TPSA) is 12.0 Å². The molecule has 29 heavy (non-hydrogen) atoms. The summed E-state index contributed by atoms with van der Waals surface area (Å²) >= 11 is 0. The minimum atomic E-state index is 0.600. The third-order valence-corrected chi connectivity index (χ3v) is 6.22. The second-order valence-corrected chi connectivity index (χ2v) is 9.73. The van der Waals surface area contributed by atoms with Gasteiger partial charge in [0, 0.05) is 0 Å². The highest BCUT2D eigenvalue weighted by molar-refractivity contribution is 5.43. The van der Waals surface area contributed by atoms with E-state index in [0.29, 0.717) is 17.8 Å². The van der Waals surface area contributed by atoms with E-state index in [1.165, 1.54) is 44.1 Å². The van der Waals surface area contributed by atoms with E-state index in [1.807, 2.05) is 0 Å². The maximum Gasteiger partial charge on any atom is -0.00459 e. The van der Waals surface area contributed by atoms with E-state index < -0.39 is 0 Å². The van der Waals surface area contributed by atoms with Crippen LogP contribution in [0.15, 0.2) is 35.9 Å². The molecule has 0 radical (unpaired) electrons. The Hall–Kier alpha value is -1.34. The minimum Gasteiger partial charge on any atom is -0.317 e. The van der Waals surface area contributed by atoms with Crippen molar-refractivity contribution in [3.8, 4) is 0 Å². The normalized spacial score (nSPS) is 14.3. The van der Waals surface area contributed by atoms with Crippen LogP contribution in [0.25, 0.3) is 0 Å². The third kappa shape index (κ3) is 7.78. The Bertz CT molecular complexity index is 647. The van der Waals surface area contributed by atoms with E-state index in [2.05, 4.69) is 77.2 Å². The van der Waals surface area contributed by atoms with Crippen LogP contribution >= 0.6 is 0 Å². The first-order chi connectivity index (χ1) is 13.9. The fourth-order valence-electron chi connectivity index (χ4n) is 4.36. The number of rotatable bonds is 12. The van der Waals surface area contributed by atoms with Gasteiger partial charge in [0.15, 0.2) is 0 Å². The van der Waals surface area contributed by atoms with Gasteiger partial charge in [-0.15, -0.1) is 0 Å². The van der Waals surface area contributed by atoms with Gasteiger partial charge in [0.05, 0.1) is 0 Å². The first-order valence-corrected chi connectivity index (χ1v) is 12.1. The summed E-state index contributed by atoms with van der Waals surface area (Å²) < 4.78 is 0. The van der Waals surface area contributed by atoms with E-state index >= 15 is 0 Å². The molecule has 1 aliphatic rings. The van der Waals surface area contributed by atoms with Gasteiger partial charge in [-0.3, -0.25) is 0 Å². The molecule has 1 nitrogen and oxygen atoms in total. The van der Waals surface area contributed by atoms with Crippen molar-refractivity contribution in [2.75, 3.05) is 13.1 Å². The molecule has 1 aromatic carbocycles. The molecular formula is C28H45N. The highest BCUT2D eigenvalue weighted by Gasteiger charge is 2.16. The Morgan fingerprint density at radius 2 is 1.41 bits per heavy atom. The summed E-state index contributed by atoms with van der Waals surface area (Å²) in [7, 11) is 0. The predicted molar refractivity (Wildman–Crippen MR) is 130 cm³/mol. The van der Waals surface area contributed by atoms with Crippen LogP contribution in [-0.4, -0.2) is 13.1 Å². The zero-order chi connectivity index (χ0) is 21.2. The molecular weight excluding hydrogens is 350 g/mol. The molecule has 0 amide bonds. The molecule has 0 heterocycles. The standard InChI is InChI=1S/C28H45N/c1-21(2)25-19-27(22(3)4)26(28(20-25)23(5)6)16-10-11-17-29-18-12-15-24-13-8-7-9-14-24/h7-8,14,19-23,29H,9-13,15-18H2,1-6H3. The van der Waals surface area contributed by atoms with E-state index in [9.17, 15) is 0 Å². The average molecular weight is 396 g/mol. The Morgan fingerprint density at radius 1 is 0.759 bits per heavy atom. The third-order valence-electron chi connectivity index (χ3n) is 6.22. The summed E-state index contributed by atoms with van der Waals surface area (Å²) in [6.45, 7) is 16.3.